The summed E-state index contributed by atoms with van der Waals surface area (Å²) in [4.78, 5) is 4.88. The molecule has 7 heteroatoms. The summed E-state index contributed by atoms with van der Waals surface area (Å²) in [6.07, 6.45) is 0.911. The quantitative estimate of drug-likeness (QED) is 0.393. The van der Waals surface area contributed by atoms with E-state index in [0.29, 0.717) is 27.2 Å². The van der Waals surface area contributed by atoms with Crippen molar-refractivity contribution < 1.29 is 4.74 Å². The number of hydrogen-bond donors (Lipinski definition) is 0. The number of fused-ring (bicyclic) bond motifs is 1. The molecule has 168 valence electrons. The van der Waals surface area contributed by atoms with Crippen LogP contribution in [-0.2, 0) is 0 Å². The molecule has 1 saturated heterocycles. The predicted octanol–water partition coefficient (Wildman–Crippen LogP) is 6.91. The van der Waals surface area contributed by atoms with Crippen molar-refractivity contribution in [3.63, 3.8) is 0 Å². The standard InChI is InChI=1S/C26H22Cl3N3O/c27-19-4-2-18(3-5-19)25-16-31(10-11-32(25)24-8-6-20(28)14-22(24)29)23-9-12-33-26-13-17(15-30)1-7-21(23)26/h1-8,13-14,23,25H,9-12,16H2/t23?,25-/m1/s1. The minimum absolute atomic E-state index is 0.0966. The number of nitrogens with zero attached hydrogens (tertiary/aromatic N) is 3. The Bertz CT molecular complexity index is 1210. The minimum atomic E-state index is 0.0966. The van der Waals surface area contributed by atoms with Gasteiger partial charge < -0.3 is 9.64 Å². The van der Waals surface area contributed by atoms with Crippen LogP contribution < -0.4 is 9.64 Å². The molecule has 1 unspecified atom stereocenters. The molecular formula is C26H22Cl3N3O. The summed E-state index contributed by atoms with van der Waals surface area (Å²) in [5.74, 6) is 0.816. The third-order valence-electron chi connectivity index (χ3n) is 6.48. The lowest BCUT2D eigenvalue weighted by molar-refractivity contribution is 0.117. The maximum absolute atomic E-state index is 9.26. The van der Waals surface area contributed by atoms with E-state index in [0.717, 1.165) is 43.1 Å². The number of ether oxygens (including phenoxy) is 1. The molecule has 0 spiro atoms. The van der Waals surface area contributed by atoms with Gasteiger partial charge in [0.05, 0.1) is 35.0 Å². The maximum Gasteiger partial charge on any atom is 0.125 e. The second-order valence-electron chi connectivity index (χ2n) is 8.37. The average Bonchev–Trinajstić information content (AvgIpc) is 2.83. The molecule has 1 fully saturated rings. The molecule has 0 radical (unpaired) electrons. The highest BCUT2D eigenvalue weighted by Crippen LogP contribution is 2.42. The van der Waals surface area contributed by atoms with Crippen LogP contribution in [0.25, 0.3) is 0 Å². The molecule has 0 bridgehead atoms. The molecule has 4 nitrogen and oxygen atoms in total. The third-order valence-corrected chi connectivity index (χ3v) is 7.27. The zero-order valence-corrected chi connectivity index (χ0v) is 20.1. The van der Waals surface area contributed by atoms with E-state index in [9.17, 15) is 5.26 Å². The first-order valence-electron chi connectivity index (χ1n) is 10.9. The van der Waals surface area contributed by atoms with Gasteiger partial charge >= 0.3 is 0 Å². The smallest absolute Gasteiger partial charge is 0.125 e. The second kappa shape index (κ2) is 9.44. The van der Waals surface area contributed by atoms with Gasteiger partial charge in [-0.1, -0.05) is 53.0 Å². The number of rotatable bonds is 3. The van der Waals surface area contributed by atoms with E-state index in [1.807, 2.05) is 42.5 Å². The molecule has 0 aromatic heterocycles. The fraction of sp³-hybridized carbons (Fsp3) is 0.269. The van der Waals surface area contributed by atoms with Gasteiger partial charge in [0, 0.05) is 47.7 Å². The highest BCUT2D eigenvalue weighted by Gasteiger charge is 2.35. The Morgan fingerprint density at radius 3 is 2.42 bits per heavy atom. The van der Waals surface area contributed by atoms with Crippen molar-refractivity contribution in [1.82, 2.24) is 4.90 Å². The topological polar surface area (TPSA) is 39.5 Å². The van der Waals surface area contributed by atoms with Gasteiger partial charge in [-0.05, 0) is 48.0 Å². The van der Waals surface area contributed by atoms with E-state index in [1.165, 1.54) is 5.56 Å². The van der Waals surface area contributed by atoms with Crippen molar-refractivity contribution in [3.8, 4) is 11.8 Å². The maximum atomic E-state index is 9.26. The summed E-state index contributed by atoms with van der Waals surface area (Å²) in [7, 11) is 0. The monoisotopic (exact) mass is 497 g/mol. The van der Waals surface area contributed by atoms with Gasteiger partial charge in [0.1, 0.15) is 5.75 Å². The summed E-state index contributed by atoms with van der Waals surface area (Å²) < 4.78 is 5.90. The van der Waals surface area contributed by atoms with Crippen LogP contribution in [0.3, 0.4) is 0 Å². The SMILES string of the molecule is N#Cc1ccc2c(c1)OCCC2N1CCN(c2ccc(Cl)cc2Cl)[C@@H](c2ccc(Cl)cc2)C1. The minimum Gasteiger partial charge on any atom is -0.493 e. The fourth-order valence-electron chi connectivity index (χ4n) is 4.88. The zero-order valence-electron chi connectivity index (χ0n) is 17.8. The number of benzene rings is 3. The number of anilines is 1. The molecule has 0 amide bonds. The summed E-state index contributed by atoms with van der Waals surface area (Å²) in [5.41, 5.74) is 3.93. The highest BCUT2D eigenvalue weighted by molar-refractivity contribution is 6.36. The largest absolute Gasteiger partial charge is 0.493 e. The number of halogens is 3. The van der Waals surface area contributed by atoms with Crippen molar-refractivity contribution in [2.75, 3.05) is 31.1 Å². The lowest BCUT2D eigenvalue weighted by Gasteiger charge is -2.47. The molecule has 2 heterocycles. The van der Waals surface area contributed by atoms with Crippen molar-refractivity contribution >= 4 is 40.5 Å². The Hall–Kier alpha value is -2.42. The number of piperazine rings is 1. The molecule has 5 rings (SSSR count). The van der Waals surface area contributed by atoms with Crippen LogP contribution in [0.2, 0.25) is 15.1 Å². The van der Waals surface area contributed by atoms with Gasteiger partial charge in [0.25, 0.3) is 0 Å². The van der Waals surface area contributed by atoms with Crippen LogP contribution in [0.1, 0.15) is 35.2 Å². The van der Waals surface area contributed by atoms with Gasteiger partial charge in [-0.3, -0.25) is 4.90 Å². The molecule has 2 aliphatic rings. The van der Waals surface area contributed by atoms with Gasteiger partial charge in [-0.2, -0.15) is 5.26 Å². The first-order chi connectivity index (χ1) is 16.0. The van der Waals surface area contributed by atoms with Gasteiger partial charge in [0.2, 0.25) is 0 Å². The van der Waals surface area contributed by atoms with Gasteiger partial charge in [-0.15, -0.1) is 0 Å². The van der Waals surface area contributed by atoms with Crippen molar-refractivity contribution in [1.29, 1.82) is 5.26 Å². The summed E-state index contributed by atoms with van der Waals surface area (Å²) in [6.45, 7) is 3.16. The van der Waals surface area contributed by atoms with Gasteiger partial charge in [0.15, 0.2) is 0 Å². The van der Waals surface area contributed by atoms with E-state index in [2.05, 4.69) is 28.0 Å². The summed E-state index contributed by atoms with van der Waals surface area (Å²) in [5, 5.41) is 11.3. The average molecular weight is 499 g/mol. The molecule has 0 saturated carbocycles. The number of nitriles is 1. The first kappa shape index (κ1) is 22.4. The lowest BCUT2D eigenvalue weighted by Crippen LogP contribution is -2.50. The normalized spacial score (nSPS) is 20.6. The Balaban J connectivity index is 1.49. The Morgan fingerprint density at radius 1 is 0.879 bits per heavy atom. The molecule has 3 aromatic carbocycles. The Kier molecular flexibility index (Phi) is 6.40. The van der Waals surface area contributed by atoms with E-state index in [1.54, 1.807) is 6.07 Å². The molecule has 3 aromatic rings. The second-order valence-corrected chi connectivity index (χ2v) is 9.65. The summed E-state index contributed by atoms with van der Waals surface area (Å²) >= 11 is 19.0. The molecule has 33 heavy (non-hydrogen) atoms. The van der Waals surface area contributed by atoms with Crippen LogP contribution in [0.5, 0.6) is 5.75 Å². The van der Waals surface area contributed by atoms with Crippen molar-refractivity contribution in [2.45, 2.75) is 18.5 Å². The first-order valence-corrected chi connectivity index (χ1v) is 12.0. The third kappa shape index (κ3) is 4.52. The highest BCUT2D eigenvalue weighted by atomic mass is 35.5. The molecule has 0 aliphatic carbocycles. The predicted molar refractivity (Wildman–Crippen MR) is 134 cm³/mol. The Labute approximate surface area is 208 Å². The fourth-order valence-corrected chi connectivity index (χ4v) is 5.52. The molecule has 2 atom stereocenters. The lowest BCUT2D eigenvalue weighted by atomic mass is 9.94. The van der Waals surface area contributed by atoms with Crippen LogP contribution in [0.4, 0.5) is 5.69 Å². The van der Waals surface area contributed by atoms with E-state index >= 15 is 0 Å². The molecule has 2 aliphatic heterocycles. The van der Waals surface area contributed by atoms with Crippen molar-refractivity contribution in [2.24, 2.45) is 0 Å². The van der Waals surface area contributed by atoms with Crippen LogP contribution in [0.15, 0.2) is 60.7 Å². The zero-order chi connectivity index (χ0) is 22.9. The van der Waals surface area contributed by atoms with Crippen LogP contribution >= 0.6 is 34.8 Å². The molecule has 0 N–H and O–H groups in total. The number of hydrogen-bond acceptors (Lipinski definition) is 4. The van der Waals surface area contributed by atoms with E-state index in [4.69, 9.17) is 39.5 Å². The van der Waals surface area contributed by atoms with Gasteiger partial charge in [-0.25, -0.2) is 0 Å². The van der Waals surface area contributed by atoms with E-state index in [-0.39, 0.29) is 12.1 Å². The molecular weight excluding hydrogens is 477 g/mol. The van der Waals surface area contributed by atoms with Crippen molar-refractivity contribution in [3.05, 3.63) is 92.4 Å². The summed E-state index contributed by atoms with van der Waals surface area (Å²) in [6, 6.07) is 22.0. The van der Waals surface area contributed by atoms with Crippen LogP contribution in [0, 0.1) is 11.3 Å². The van der Waals surface area contributed by atoms with Crippen LogP contribution in [-0.4, -0.2) is 31.1 Å². The Morgan fingerprint density at radius 2 is 1.67 bits per heavy atom. The van der Waals surface area contributed by atoms with E-state index < -0.39 is 0 Å².